The zero-order valence-electron chi connectivity index (χ0n) is 9.99. The first-order valence-corrected chi connectivity index (χ1v) is 6.23. The van der Waals surface area contributed by atoms with E-state index in [1.54, 1.807) is 0 Å². The predicted molar refractivity (Wildman–Crippen MR) is 66.4 cm³/mol. The average Bonchev–Trinajstić information content (AvgIpc) is 2.38. The molecule has 1 atom stereocenters. The van der Waals surface area contributed by atoms with Crippen molar-refractivity contribution in [3.63, 3.8) is 0 Å². The molecule has 0 aliphatic carbocycles. The maximum Gasteiger partial charge on any atom is 0.0796 e. The number of piperidine rings is 1. The lowest BCUT2D eigenvalue weighted by Gasteiger charge is -2.24. The van der Waals surface area contributed by atoms with Crippen molar-refractivity contribution in [2.45, 2.75) is 25.9 Å². The van der Waals surface area contributed by atoms with Crippen molar-refractivity contribution in [3.05, 3.63) is 35.9 Å². The van der Waals surface area contributed by atoms with Gasteiger partial charge in [-0.25, -0.2) is 0 Å². The van der Waals surface area contributed by atoms with Crippen LogP contribution in [0.2, 0.25) is 0 Å². The van der Waals surface area contributed by atoms with Crippen LogP contribution in [0.25, 0.3) is 0 Å². The zero-order chi connectivity index (χ0) is 11.2. The van der Waals surface area contributed by atoms with Gasteiger partial charge in [0, 0.05) is 0 Å². The van der Waals surface area contributed by atoms with E-state index >= 15 is 0 Å². The highest BCUT2D eigenvalue weighted by Gasteiger charge is 2.14. The minimum absolute atomic E-state index is 0.219. The van der Waals surface area contributed by atoms with Gasteiger partial charge in [0.1, 0.15) is 0 Å². The second-order valence-corrected chi connectivity index (χ2v) is 4.58. The number of rotatable bonds is 4. The summed E-state index contributed by atoms with van der Waals surface area (Å²) in [6.45, 7) is 5.33. The number of hydrogen-bond acceptors (Lipinski definition) is 2. The fourth-order valence-electron chi connectivity index (χ4n) is 2.15. The standard InChI is InChI=1S/C14H21NO/c1-12(14-5-3-2-4-6-14)16-11-13-7-9-15-10-8-13/h2-6,12-13,15H,7-11H2,1H3. The molecule has 88 valence electrons. The van der Waals surface area contributed by atoms with Crippen molar-refractivity contribution in [1.29, 1.82) is 0 Å². The first kappa shape index (κ1) is 11.6. The van der Waals surface area contributed by atoms with E-state index in [1.807, 2.05) is 6.07 Å². The fraction of sp³-hybridized carbons (Fsp3) is 0.571. The Morgan fingerprint density at radius 1 is 1.25 bits per heavy atom. The molecule has 1 fully saturated rings. The number of nitrogens with one attached hydrogen (secondary N) is 1. The number of hydrogen-bond donors (Lipinski definition) is 1. The van der Waals surface area contributed by atoms with Crippen LogP contribution < -0.4 is 5.32 Å². The van der Waals surface area contributed by atoms with Crippen LogP contribution in [0.15, 0.2) is 30.3 Å². The molecule has 16 heavy (non-hydrogen) atoms. The summed E-state index contributed by atoms with van der Waals surface area (Å²) < 4.78 is 5.94. The Kier molecular flexibility index (Phi) is 4.37. The Balaban J connectivity index is 1.77. The molecule has 2 nitrogen and oxygen atoms in total. The van der Waals surface area contributed by atoms with Crippen molar-refractivity contribution in [1.82, 2.24) is 5.32 Å². The minimum atomic E-state index is 0.219. The van der Waals surface area contributed by atoms with Crippen LogP contribution >= 0.6 is 0 Å². The highest BCUT2D eigenvalue weighted by molar-refractivity contribution is 5.16. The molecule has 1 aromatic carbocycles. The van der Waals surface area contributed by atoms with E-state index in [0.29, 0.717) is 0 Å². The topological polar surface area (TPSA) is 21.3 Å². The van der Waals surface area contributed by atoms with Crippen LogP contribution in [0.1, 0.15) is 31.4 Å². The van der Waals surface area contributed by atoms with Crippen LogP contribution in [0.5, 0.6) is 0 Å². The van der Waals surface area contributed by atoms with Gasteiger partial charge in [-0.1, -0.05) is 30.3 Å². The minimum Gasteiger partial charge on any atom is -0.374 e. The van der Waals surface area contributed by atoms with E-state index in [1.165, 1.54) is 18.4 Å². The summed E-state index contributed by atoms with van der Waals surface area (Å²) in [5.41, 5.74) is 1.27. The summed E-state index contributed by atoms with van der Waals surface area (Å²) in [7, 11) is 0. The normalized spacial score (nSPS) is 19.6. The van der Waals surface area contributed by atoms with E-state index < -0.39 is 0 Å². The van der Waals surface area contributed by atoms with E-state index in [9.17, 15) is 0 Å². The average molecular weight is 219 g/mol. The molecule has 1 aliphatic heterocycles. The van der Waals surface area contributed by atoms with Crippen molar-refractivity contribution in [2.24, 2.45) is 5.92 Å². The molecule has 1 aliphatic rings. The summed E-state index contributed by atoms with van der Waals surface area (Å²) >= 11 is 0. The molecule has 0 bridgehead atoms. The molecule has 1 aromatic rings. The van der Waals surface area contributed by atoms with Gasteiger partial charge in [0.05, 0.1) is 12.7 Å². The molecule has 2 rings (SSSR count). The molecular weight excluding hydrogens is 198 g/mol. The van der Waals surface area contributed by atoms with Crippen molar-refractivity contribution >= 4 is 0 Å². The van der Waals surface area contributed by atoms with Crippen molar-refractivity contribution in [2.75, 3.05) is 19.7 Å². The fourth-order valence-corrected chi connectivity index (χ4v) is 2.15. The molecule has 1 N–H and O–H groups in total. The molecule has 1 unspecified atom stereocenters. The molecule has 0 radical (unpaired) electrons. The van der Waals surface area contributed by atoms with E-state index in [0.717, 1.165) is 25.6 Å². The third kappa shape index (κ3) is 3.32. The van der Waals surface area contributed by atoms with Crippen LogP contribution in [0, 0.1) is 5.92 Å². The van der Waals surface area contributed by atoms with Gasteiger partial charge >= 0.3 is 0 Å². The second kappa shape index (κ2) is 6.02. The smallest absolute Gasteiger partial charge is 0.0796 e. The van der Waals surface area contributed by atoms with Gasteiger partial charge in [0.2, 0.25) is 0 Å². The second-order valence-electron chi connectivity index (χ2n) is 4.58. The molecule has 1 saturated heterocycles. The summed E-state index contributed by atoms with van der Waals surface area (Å²) in [5.74, 6) is 0.743. The van der Waals surface area contributed by atoms with Gasteiger partial charge in [-0.2, -0.15) is 0 Å². The monoisotopic (exact) mass is 219 g/mol. The van der Waals surface area contributed by atoms with E-state index in [4.69, 9.17) is 4.74 Å². The van der Waals surface area contributed by atoms with Crippen LogP contribution in [0.3, 0.4) is 0 Å². The molecule has 0 saturated carbocycles. The van der Waals surface area contributed by atoms with E-state index in [2.05, 4.69) is 36.5 Å². The summed E-state index contributed by atoms with van der Waals surface area (Å²) in [4.78, 5) is 0. The quantitative estimate of drug-likeness (QED) is 0.840. The molecule has 0 aromatic heterocycles. The predicted octanol–water partition coefficient (Wildman–Crippen LogP) is 2.76. The first-order chi connectivity index (χ1) is 7.86. The van der Waals surface area contributed by atoms with Gasteiger partial charge < -0.3 is 10.1 Å². The Labute approximate surface area is 98.0 Å². The third-order valence-corrected chi connectivity index (χ3v) is 3.31. The lowest BCUT2D eigenvalue weighted by atomic mass is 9.99. The molecule has 0 spiro atoms. The summed E-state index contributed by atoms with van der Waals surface area (Å²) in [5, 5.41) is 3.38. The van der Waals surface area contributed by atoms with Crippen LogP contribution in [0.4, 0.5) is 0 Å². The highest BCUT2D eigenvalue weighted by atomic mass is 16.5. The van der Waals surface area contributed by atoms with Crippen molar-refractivity contribution in [3.8, 4) is 0 Å². The van der Waals surface area contributed by atoms with Gasteiger partial charge in [-0.3, -0.25) is 0 Å². The van der Waals surface area contributed by atoms with Crippen LogP contribution in [-0.4, -0.2) is 19.7 Å². The lowest BCUT2D eigenvalue weighted by molar-refractivity contribution is 0.0320. The zero-order valence-corrected chi connectivity index (χ0v) is 9.99. The Bertz CT molecular complexity index is 293. The first-order valence-electron chi connectivity index (χ1n) is 6.23. The summed E-state index contributed by atoms with van der Waals surface area (Å²) in [6.07, 6.45) is 2.72. The Morgan fingerprint density at radius 2 is 1.94 bits per heavy atom. The van der Waals surface area contributed by atoms with E-state index in [-0.39, 0.29) is 6.10 Å². The maximum absolute atomic E-state index is 5.94. The van der Waals surface area contributed by atoms with Gasteiger partial charge in [0.25, 0.3) is 0 Å². The van der Waals surface area contributed by atoms with Gasteiger partial charge in [0.15, 0.2) is 0 Å². The van der Waals surface area contributed by atoms with Gasteiger partial charge in [-0.05, 0) is 44.3 Å². The lowest BCUT2D eigenvalue weighted by Crippen LogP contribution is -2.30. The molecule has 1 heterocycles. The Morgan fingerprint density at radius 3 is 2.62 bits per heavy atom. The number of ether oxygens (including phenoxy) is 1. The largest absolute Gasteiger partial charge is 0.374 e. The number of benzene rings is 1. The van der Waals surface area contributed by atoms with Crippen molar-refractivity contribution < 1.29 is 4.74 Å². The highest BCUT2D eigenvalue weighted by Crippen LogP contribution is 2.19. The molecular formula is C14H21NO. The Hall–Kier alpha value is -0.860. The maximum atomic E-state index is 5.94. The third-order valence-electron chi connectivity index (χ3n) is 3.31. The van der Waals surface area contributed by atoms with Gasteiger partial charge in [-0.15, -0.1) is 0 Å². The van der Waals surface area contributed by atoms with Crippen LogP contribution in [-0.2, 0) is 4.74 Å². The SMILES string of the molecule is CC(OCC1CCNCC1)c1ccccc1. The molecule has 0 amide bonds. The summed E-state index contributed by atoms with van der Waals surface area (Å²) in [6, 6.07) is 10.4. The molecule has 2 heteroatoms.